The largest absolute Gasteiger partial charge is 0.489 e. The summed E-state index contributed by atoms with van der Waals surface area (Å²) in [6.45, 7) is 1.77. The van der Waals surface area contributed by atoms with E-state index in [9.17, 15) is 18.4 Å². The highest BCUT2D eigenvalue weighted by molar-refractivity contribution is 5.97. The lowest BCUT2D eigenvalue weighted by Gasteiger charge is -2.14. The van der Waals surface area contributed by atoms with Crippen molar-refractivity contribution < 1.29 is 27.8 Å². The van der Waals surface area contributed by atoms with E-state index in [1.165, 1.54) is 6.92 Å². The van der Waals surface area contributed by atoms with E-state index in [2.05, 4.69) is 5.32 Å². The summed E-state index contributed by atoms with van der Waals surface area (Å²) in [6.07, 6.45) is -1.18. The first-order valence-electron chi connectivity index (χ1n) is 9.16. The fourth-order valence-corrected chi connectivity index (χ4v) is 2.55. The van der Waals surface area contributed by atoms with Gasteiger partial charge < -0.3 is 14.8 Å². The number of ether oxygens (including phenoxy) is 2. The van der Waals surface area contributed by atoms with Gasteiger partial charge in [0, 0.05) is 11.8 Å². The number of halogens is 2. The van der Waals surface area contributed by atoms with Crippen LogP contribution in [0.4, 0.5) is 14.5 Å². The molecule has 0 saturated heterocycles. The molecule has 0 aromatic heterocycles. The number of hydrogen-bond acceptors (Lipinski definition) is 4. The second-order valence-corrected chi connectivity index (χ2v) is 6.46. The van der Waals surface area contributed by atoms with Gasteiger partial charge >= 0.3 is 5.97 Å². The average molecular weight is 411 g/mol. The lowest BCUT2D eigenvalue weighted by atomic mass is 10.2. The second kappa shape index (κ2) is 9.65. The van der Waals surface area contributed by atoms with E-state index in [0.29, 0.717) is 24.1 Å². The molecule has 3 rings (SSSR count). The Bertz CT molecular complexity index is 1020. The molecule has 1 N–H and O–H groups in total. The summed E-state index contributed by atoms with van der Waals surface area (Å²) < 4.78 is 37.2. The van der Waals surface area contributed by atoms with Crippen molar-refractivity contribution in [3.63, 3.8) is 0 Å². The van der Waals surface area contributed by atoms with Crippen molar-refractivity contribution in [2.45, 2.75) is 19.6 Å². The van der Waals surface area contributed by atoms with Gasteiger partial charge in [-0.2, -0.15) is 0 Å². The van der Waals surface area contributed by atoms with Gasteiger partial charge in [0.05, 0.1) is 5.56 Å². The Balaban J connectivity index is 1.52. The van der Waals surface area contributed by atoms with Crippen LogP contribution in [0.15, 0.2) is 72.8 Å². The van der Waals surface area contributed by atoms with Gasteiger partial charge in [-0.15, -0.1) is 0 Å². The number of nitrogens with one attached hydrogen (secondary N) is 1. The van der Waals surface area contributed by atoms with Crippen LogP contribution in [0.1, 0.15) is 22.8 Å². The van der Waals surface area contributed by atoms with Crippen LogP contribution in [0.5, 0.6) is 5.75 Å². The van der Waals surface area contributed by atoms with Gasteiger partial charge in [-0.25, -0.2) is 13.6 Å². The maximum absolute atomic E-state index is 13.7. The molecule has 7 heteroatoms. The first-order chi connectivity index (χ1) is 14.4. The predicted octanol–water partition coefficient (Wildman–Crippen LogP) is 4.73. The Morgan fingerprint density at radius 2 is 1.67 bits per heavy atom. The van der Waals surface area contributed by atoms with E-state index >= 15 is 0 Å². The quantitative estimate of drug-likeness (QED) is 0.571. The van der Waals surface area contributed by atoms with E-state index < -0.39 is 35.2 Å². The number of amides is 1. The maximum Gasteiger partial charge on any atom is 0.341 e. The predicted molar refractivity (Wildman–Crippen MR) is 107 cm³/mol. The standard InChI is InChI=1S/C23H19F2NO4/c1-15(30-23(28)20-12-7-17(24)13-21(20)25)22(27)26-18-8-10-19(11-9-18)29-14-16-5-3-2-4-6-16/h2-13,15H,14H2,1H3,(H,26,27)/t15-/m0/s1. The molecular formula is C23H19F2NO4. The molecule has 0 aliphatic carbocycles. The zero-order chi connectivity index (χ0) is 21.5. The van der Waals surface area contributed by atoms with E-state index in [1.54, 1.807) is 24.3 Å². The molecule has 5 nitrogen and oxygen atoms in total. The third-order valence-electron chi connectivity index (χ3n) is 4.17. The minimum Gasteiger partial charge on any atom is -0.489 e. The first-order valence-corrected chi connectivity index (χ1v) is 9.16. The molecule has 0 spiro atoms. The number of esters is 1. The number of benzene rings is 3. The smallest absolute Gasteiger partial charge is 0.341 e. The number of carbonyl (C=O) groups is 2. The minimum absolute atomic E-state index is 0.416. The van der Waals surface area contributed by atoms with Gasteiger partial charge in [-0.05, 0) is 48.9 Å². The van der Waals surface area contributed by atoms with Gasteiger partial charge in [0.1, 0.15) is 24.0 Å². The molecule has 3 aromatic rings. The SMILES string of the molecule is C[C@H](OC(=O)c1ccc(F)cc1F)C(=O)Nc1ccc(OCc2ccccc2)cc1. The van der Waals surface area contributed by atoms with Crippen molar-refractivity contribution in [2.75, 3.05) is 5.32 Å². The highest BCUT2D eigenvalue weighted by Crippen LogP contribution is 2.18. The van der Waals surface area contributed by atoms with Crippen molar-refractivity contribution in [1.82, 2.24) is 0 Å². The molecule has 1 amide bonds. The van der Waals surface area contributed by atoms with Crippen LogP contribution < -0.4 is 10.1 Å². The van der Waals surface area contributed by atoms with Crippen LogP contribution >= 0.6 is 0 Å². The molecule has 1 atom stereocenters. The van der Waals surface area contributed by atoms with Crippen molar-refractivity contribution in [2.24, 2.45) is 0 Å². The topological polar surface area (TPSA) is 64.6 Å². The number of hydrogen-bond donors (Lipinski definition) is 1. The Morgan fingerprint density at radius 1 is 0.967 bits per heavy atom. The summed E-state index contributed by atoms with van der Waals surface area (Å²) in [5.74, 6) is -2.89. The van der Waals surface area contributed by atoms with Crippen LogP contribution in [-0.4, -0.2) is 18.0 Å². The summed E-state index contributed by atoms with van der Waals surface area (Å²) in [4.78, 5) is 24.2. The average Bonchev–Trinajstić information content (AvgIpc) is 2.73. The molecule has 0 bridgehead atoms. The minimum atomic E-state index is -1.18. The maximum atomic E-state index is 13.7. The highest BCUT2D eigenvalue weighted by atomic mass is 19.1. The highest BCUT2D eigenvalue weighted by Gasteiger charge is 2.21. The summed E-state index contributed by atoms with van der Waals surface area (Å²) in [5, 5.41) is 2.60. The molecule has 0 fully saturated rings. The first kappa shape index (κ1) is 21.0. The zero-order valence-corrected chi connectivity index (χ0v) is 16.1. The van der Waals surface area contributed by atoms with E-state index in [0.717, 1.165) is 17.7 Å². The Labute approximate surface area is 172 Å². The normalized spacial score (nSPS) is 11.4. The fourth-order valence-electron chi connectivity index (χ4n) is 2.55. The molecule has 30 heavy (non-hydrogen) atoms. The number of carbonyl (C=O) groups excluding carboxylic acids is 2. The van der Waals surface area contributed by atoms with Crippen molar-refractivity contribution in [3.05, 3.63) is 95.6 Å². The van der Waals surface area contributed by atoms with Crippen LogP contribution in [0.2, 0.25) is 0 Å². The van der Waals surface area contributed by atoms with Crippen LogP contribution in [0.25, 0.3) is 0 Å². The Morgan fingerprint density at radius 3 is 2.33 bits per heavy atom. The molecule has 0 aliphatic rings. The molecule has 0 radical (unpaired) electrons. The molecular weight excluding hydrogens is 392 g/mol. The molecule has 0 saturated carbocycles. The van der Waals surface area contributed by atoms with Gasteiger partial charge in [0.25, 0.3) is 5.91 Å². The molecule has 0 aliphatic heterocycles. The van der Waals surface area contributed by atoms with E-state index in [1.807, 2.05) is 30.3 Å². The molecule has 0 unspecified atom stereocenters. The van der Waals surface area contributed by atoms with Crippen molar-refractivity contribution in [3.8, 4) is 5.75 Å². The van der Waals surface area contributed by atoms with Crippen molar-refractivity contribution in [1.29, 1.82) is 0 Å². The van der Waals surface area contributed by atoms with E-state index in [4.69, 9.17) is 9.47 Å². The summed E-state index contributed by atoms with van der Waals surface area (Å²) in [6, 6.07) is 18.8. The van der Waals surface area contributed by atoms with Gasteiger partial charge in [-0.1, -0.05) is 30.3 Å². The third kappa shape index (κ3) is 5.64. The van der Waals surface area contributed by atoms with Gasteiger partial charge in [-0.3, -0.25) is 4.79 Å². The Kier molecular flexibility index (Phi) is 6.75. The van der Waals surface area contributed by atoms with Gasteiger partial charge in [0.2, 0.25) is 0 Å². The summed E-state index contributed by atoms with van der Waals surface area (Å²) in [7, 11) is 0. The van der Waals surface area contributed by atoms with E-state index in [-0.39, 0.29) is 0 Å². The van der Waals surface area contributed by atoms with Crippen LogP contribution in [0, 0.1) is 11.6 Å². The van der Waals surface area contributed by atoms with Crippen LogP contribution in [0.3, 0.4) is 0 Å². The fraction of sp³-hybridized carbons (Fsp3) is 0.130. The van der Waals surface area contributed by atoms with Gasteiger partial charge in [0.15, 0.2) is 6.10 Å². The summed E-state index contributed by atoms with van der Waals surface area (Å²) in [5.41, 5.74) is 1.06. The molecule has 154 valence electrons. The lowest BCUT2D eigenvalue weighted by Crippen LogP contribution is -2.30. The molecule has 0 heterocycles. The third-order valence-corrected chi connectivity index (χ3v) is 4.17. The number of rotatable bonds is 7. The number of anilines is 1. The second-order valence-electron chi connectivity index (χ2n) is 6.46. The monoisotopic (exact) mass is 411 g/mol. The lowest BCUT2D eigenvalue weighted by molar-refractivity contribution is -0.123. The Hall–Kier alpha value is -3.74. The van der Waals surface area contributed by atoms with Crippen LogP contribution in [-0.2, 0) is 16.1 Å². The zero-order valence-electron chi connectivity index (χ0n) is 16.1. The van der Waals surface area contributed by atoms with Crippen molar-refractivity contribution >= 4 is 17.6 Å². The molecule has 3 aromatic carbocycles. The summed E-state index contributed by atoms with van der Waals surface area (Å²) >= 11 is 0.